The van der Waals surface area contributed by atoms with Crippen LogP contribution in [0.25, 0.3) is 11.6 Å². The van der Waals surface area contributed by atoms with Crippen LogP contribution in [0, 0.1) is 0 Å². The number of fused-ring (bicyclic) bond motifs is 1. The van der Waals surface area contributed by atoms with Crippen molar-refractivity contribution in [2.45, 2.75) is 38.6 Å². The van der Waals surface area contributed by atoms with Gasteiger partial charge in [-0.2, -0.15) is 0 Å². The number of benzene rings is 1. The highest BCUT2D eigenvalue weighted by molar-refractivity contribution is 5.82. The molecule has 0 N–H and O–H groups in total. The third-order valence-electron chi connectivity index (χ3n) is 4.85. The molecule has 1 aromatic carbocycles. The quantitative estimate of drug-likeness (QED) is 0.811. The normalized spacial score (nSPS) is 18.8. The van der Waals surface area contributed by atoms with Gasteiger partial charge in [-0.1, -0.05) is 30.7 Å². The van der Waals surface area contributed by atoms with Crippen LogP contribution >= 0.6 is 0 Å². The number of hydrogen-bond donors (Lipinski definition) is 0. The lowest BCUT2D eigenvalue weighted by Gasteiger charge is -2.25. The largest absolute Gasteiger partial charge is 0.460 e. The highest BCUT2D eigenvalue weighted by Crippen LogP contribution is 2.31. The van der Waals surface area contributed by atoms with Crippen molar-refractivity contribution in [3.63, 3.8) is 0 Å². The van der Waals surface area contributed by atoms with E-state index in [1.807, 2.05) is 0 Å². The summed E-state index contributed by atoms with van der Waals surface area (Å²) in [6.07, 6.45) is 8.53. The van der Waals surface area contributed by atoms with E-state index in [0.717, 1.165) is 30.9 Å². The molecule has 114 valence electrons. The summed E-state index contributed by atoms with van der Waals surface area (Å²) in [5.74, 6) is 2.16. The van der Waals surface area contributed by atoms with E-state index >= 15 is 0 Å². The number of furan rings is 1. The van der Waals surface area contributed by atoms with E-state index in [2.05, 4.69) is 47.4 Å². The van der Waals surface area contributed by atoms with Crippen LogP contribution in [-0.4, -0.2) is 18.0 Å². The first-order valence-corrected chi connectivity index (χ1v) is 8.48. The summed E-state index contributed by atoms with van der Waals surface area (Å²) in [4.78, 5) is 2.51. The van der Waals surface area contributed by atoms with Crippen LogP contribution in [-0.2, 0) is 13.0 Å². The summed E-state index contributed by atoms with van der Waals surface area (Å²) in [6, 6.07) is 13.0. The van der Waals surface area contributed by atoms with Crippen molar-refractivity contribution in [3.05, 3.63) is 59.0 Å². The predicted octanol–water partition coefficient (Wildman–Crippen LogP) is 4.75. The minimum atomic E-state index is 0.962. The maximum atomic E-state index is 6.13. The van der Waals surface area contributed by atoms with E-state index in [1.165, 1.54) is 49.1 Å². The highest BCUT2D eigenvalue weighted by atomic mass is 16.3. The van der Waals surface area contributed by atoms with Crippen molar-refractivity contribution < 1.29 is 4.42 Å². The van der Waals surface area contributed by atoms with E-state index in [9.17, 15) is 0 Å². The first-order valence-electron chi connectivity index (χ1n) is 8.48. The predicted molar refractivity (Wildman–Crippen MR) is 90.5 cm³/mol. The van der Waals surface area contributed by atoms with Crippen LogP contribution in [0.3, 0.4) is 0 Å². The summed E-state index contributed by atoms with van der Waals surface area (Å²) in [5, 5.41) is 0. The van der Waals surface area contributed by atoms with Crippen LogP contribution in [0.4, 0.5) is 0 Å². The van der Waals surface area contributed by atoms with Crippen molar-refractivity contribution in [2.24, 2.45) is 0 Å². The Morgan fingerprint density at radius 2 is 1.77 bits per heavy atom. The molecule has 0 bridgehead atoms. The SMILES string of the molecule is C1=C(c2ccc(CN3CCCCC3)o2)CCc2ccccc21. The summed E-state index contributed by atoms with van der Waals surface area (Å²) in [5.41, 5.74) is 4.13. The van der Waals surface area contributed by atoms with Gasteiger partial charge in [-0.25, -0.2) is 0 Å². The van der Waals surface area contributed by atoms with Crippen molar-refractivity contribution in [1.29, 1.82) is 0 Å². The Bertz CT molecular complexity index is 677. The van der Waals surface area contributed by atoms with Gasteiger partial charge in [0, 0.05) is 0 Å². The van der Waals surface area contributed by atoms with E-state index < -0.39 is 0 Å². The lowest BCUT2D eigenvalue weighted by molar-refractivity contribution is 0.204. The Hall–Kier alpha value is -1.80. The van der Waals surface area contributed by atoms with Gasteiger partial charge in [0.2, 0.25) is 0 Å². The van der Waals surface area contributed by atoms with Crippen molar-refractivity contribution in [1.82, 2.24) is 4.90 Å². The lowest BCUT2D eigenvalue weighted by Crippen LogP contribution is -2.28. The zero-order chi connectivity index (χ0) is 14.8. The van der Waals surface area contributed by atoms with Crippen molar-refractivity contribution in [3.8, 4) is 0 Å². The van der Waals surface area contributed by atoms with Gasteiger partial charge in [0.1, 0.15) is 11.5 Å². The van der Waals surface area contributed by atoms with Gasteiger partial charge in [-0.3, -0.25) is 4.90 Å². The molecule has 0 spiro atoms. The fourth-order valence-electron chi connectivity index (χ4n) is 3.60. The fraction of sp³-hybridized carbons (Fsp3) is 0.400. The minimum absolute atomic E-state index is 0.962. The van der Waals surface area contributed by atoms with Gasteiger partial charge >= 0.3 is 0 Å². The number of nitrogens with zero attached hydrogens (tertiary/aromatic N) is 1. The molecule has 2 heterocycles. The Morgan fingerprint density at radius 1 is 0.909 bits per heavy atom. The molecule has 22 heavy (non-hydrogen) atoms. The summed E-state index contributed by atoms with van der Waals surface area (Å²) in [6.45, 7) is 3.39. The number of piperidine rings is 1. The molecule has 1 fully saturated rings. The standard InChI is InChI=1S/C20H23NO/c1-4-12-21(13-5-1)15-19-10-11-20(22-19)18-9-8-16-6-2-3-7-17(16)14-18/h2-3,6-7,10-11,14H,1,4-5,8-9,12-13,15H2. The molecule has 0 atom stereocenters. The third kappa shape index (κ3) is 2.89. The topological polar surface area (TPSA) is 16.4 Å². The molecule has 2 aliphatic rings. The Balaban J connectivity index is 1.51. The van der Waals surface area contributed by atoms with Crippen LogP contribution in [0.5, 0.6) is 0 Å². The van der Waals surface area contributed by atoms with Gasteiger partial charge in [-0.05, 0) is 73.7 Å². The summed E-state index contributed by atoms with van der Waals surface area (Å²) < 4.78 is 6.13. The molecule has 0 saturated carbocycles. The summed E-state index contributed by atoms with van der Waals surface area (Å²) >= 11 is 0. The highest BCUT2D eigenvalue weighted by Gasteiger charge is 2.16. The molecule has 0 unspecified atom stereocenters. The average molecular weight is 293 g/mol. The van der Waals surface area contributed by atoms with Gasteiger partial charge < -0.3 is 4.42 Å². The van der Waals surface area contributed by atoms with Crippen LogP contribution in [0.15, 0.2) is 40.8 Å². The number of aryl methyl sites for hydroxylation is 1. The molecular formula is C20H23NO. The van der Waals surface area contributed by atoms with Gasteiger partial charge in [0.15, 0.2) is 0 Å². The zero-order valence-electron chi connectivity index (χ0n) is 13.1. The molecule has 0 amide bonds. The fourth-order valence-corrected chi connectivity index (χ4v) is 3.60. The Labute approximate surface area is 132 Å². The Kier molecular flexibility index (Phi) is 3.86. The second-order valence-corrected chi connectivity index (χ2v) is 6.47. The van der Waals surface area contributed by atoms with Gasteiger partial charge in [-0.15, -0.1) is 0 Å². The van der Waals surface area contributed by atoms with Crippen LogP contribution < -0.4 is 0 Å². The van der Waals surface area contributed by atoms with Gasteiger partial charge in [0.05, 0.1) is 6.54 Å². The van der Waals surface area contributed by atoms with E-state index in [4.69, 9.17) is 4.42 Å². The monoisotopic (exact) mass is 293 g/mol. The molecular weight excluding hydrogens is 270 g/mol. The molecule has 2 heteroatoms. The van der Waals surface area contributed by atoms with E-state index in [1.54, 1.807) is 0 Å². The number of rotatable bonds is 3. The van der Waals surface area contributed by atoms with E-state index in [-0.39, 0.29) is 0 Å². The first-order chi connectivity index (χ1) is 10.9. The molecule has 1 aromatic heterocycles. The Morgan fingerprint density at radius 3 is 2.68 bits per heavy atom. The molecule has 0 radical (unpaired) electrons. The summed E-state index contributed by atoms with van der Waals surface area (Å²) in [7, 11) is 0. The molecule has 1 saturated heterocycles. The second-order valence-electron chi connectivity index (χ2n) is 6.47. The molecule has 1 aliphatic heterocycles. The van der Waals surface area contributed by atoms with Crippen molar-refractivity contribution >= 4 is 11.6 Å². The zero-order valence-corrected chi connectivity index (χ0v) is 13.1. The maximum Gasteiger partial charge on any atom is 0.130 e. The van der Waals surface area contributed by atoms with Crippen molar-refractivity contribution in [2.75, 3.05) is 13.1 Å². The number of likely N-dealkylation sites (tertiary alicyclic amines) is 1. The van der Waals surface area contributed by atoms with Crippen LogP contribution in [0.1, 0.15) is 48.3 Å². The van der Waals surface area contributed by atoms with E-state index in [0.29, 0.717) is 0 Å². The molecule has 4 rings (SSSR count). The average Bonchev–Trinajstić information content (AvgIpc) is 3.04. The third-order valence-corrected chi connectivity index (χ3v) is 4.85. The lowest BCUT2D eigenvalue weighted by atomic mass is 9.91. The number of hydrogen-bond acceptors (Lipinski definition) is 2. The second kappa shape index (κ2) is 6.13. The van der Waals surface area contributed by atoms with Gasteiger partial charge in [0.25, 0.3) is 0 Å². The maximum absolute atomic E-state index is 6.13. The molecule has 1 aliphatic carbocycles. The smallest absolute Gasteiger partial charge is 0.130 e. The number of allylic oxidation sites excluding steroid dienone is 1. The first kappa shape index (κ1) is 13.8. The van der Waals surface area contributed by atoms with Crippen LogP contribution in [0.2, 0.25) is 0 Å². The minimum Gasteiger partial charge on any atom is -0.460 e. The molecule has 2 aromatic rings. The molecule has 2 nitrogen and oxygen atoms in total.